The summed E-state index contributed by atoms with van der Waals surface area (Å²) in [5.41, 5.74) is 0. The fraction of sp³-hybridized carbons (Fsp3) is 0. The molecule has 62 valence electrons. The molecule has 0 bridgehead atoms. The van der Waals surface area contributed by atoms with Gasteiger partial charge in [0.15, 0.2) is 0 Å². The van der Waals surface area contributed by atoms with Crippen LogP contribution in [-0.2, 0) is 0 Å². The zero-order chi connectivity index (χ0) is 8.93. The SMILES string of the molecule is c1cc[c]([GaH][c]2ccccc2)cc1. The average Bonchev–Trinajstić information content (AvgIpc) is 2.21. The summed E-state index contributed by atoms with van der Waals surface area (Å²) in [5.74, 6) is 0. The van der Waals surface area contributed by atoms with Gasteiger partial charge in [-0.3, -0.25) is 0 Å². The van der Waals surface area contributed by atoms with Crippen molar-refractivity contribution in [3.8, 4) is 0 Å². The molecule has 0 saturated carbocycles. The summed E-state index contributed by atoms with van der Waals surface area (Å²) in [4.78, 5) is 0. The Morgan fingerprint density at radius 3 is 1.31 bits per heavy atom. The normalized spacial score (nSPS) is 9.54. The monoisotopic (exact) mass is 224 g/mol. The van der Waals surface area contributed by atoms with Gasteiger partial charge in [0.2, 0.25) is 0 Å². The Balaban J connectivity index is 2.16. The Morgan fingerprint density at radius 2 is 0.923 bits per heavy atom. The topological polar surface area (TPSA) is 0 Å². The van der Waals surface area contributed by atoms with Crippen LogP contribution in [0.15, 0.2) is 60.7 Å². The van der Waals surface area contributed by atoms with Gasteiger partial charge in [-0.15, -0.1) is 0 Å². The minimum atomic E-state index is -0.676. The van der Waals surface area contributed by atoms with Gasteiger partial charge >= 0.3 is 86.3 Å². The predicted octanol–water partition coefficient (Wildman–Crippen LogP) is 1.07. The molecular formula is C12H11Ga. The van der Waals surface area contributed by atoms with Crippen molar-refractivity contribution >= 4 is 25.6 Å². The van der Waals surface area contributed by atoms with Crippen LogP contribution in [0.5, 0.6) is 0 Å². The molecule has 0 heterocycles. The van der Waals surface area contributed by atoms with Gasteiger partial charge in [-0.1, -0.05) is 0 Å². The molecule has 2 aromatic carbocycles. The molecule has 0 radical (unpaired) electrons. The maximum atomic E-state index is 2.24. The van der Waals surface area contributed by atoms with Crippen LogP contribution in [0.1, 0.15) is 0 Å². The number of rotatable bonds is 2. The second-order valence-corrected chi connectivity index (χ2v) is 7.32. The molecule has 0 N–H and O–H groups in total. The van der Waals surface area contributed by atoms with Gasteiger partial charge in [0.05, 0.1) is 0 Å². The van der Waals surface area contributed by atoms with E-state index in [1.807, 2.05) is 0 Å². The standard InChI is InChI=1S/2C6H5.Ga.H/c2*1-2-4-6-5-3-1;;/h2*1-5H;;. The Kier molecular flexibility index (Phi) is 2.90. The van der Waals surface area contributed by atoms with Crippen molar-refractivity contribution < 1.29 is 0 Å². The third-order valence-electron chi connectivity index (χ3n) is 2.09. The van der Waals surface area contributed by atoms with E-state index in [0.29, 0.717) is 0 Å². The molecule has 0 nitrogen and oxygen atoms in total. The summed E-state index contributed by atoms with van der Waals surface area (Å²) < 4.78 is 3.11. The van der Waals surface area contributed by atoms with Gasteiger partial charge in [-0.2, -0.15) is 0 Å². The predicted molar refractivity (Wildman–Crippen MR) is 59.3 cm³/mol. The van der Waals surface area contributed by atoms with Crippen molar-refractivity contribution in [2.24, 2.45) is 0 Å². The van der Waals surface area contributed by atoms with E-state index in [1.165, 1.54) is 0 Å². The van der Waals surface area contributed by atoms with E-state index in [0.717, 1.165) is 0 Å². The molecule has 1 heteroatoms. The van der Waals surface area contributed by atoms with Crippen molar-refractivity contribution in [1.29, 1.82) is 0 Å². The van der Waals surface area contributed by atoms with Gasteiger partial charge in [0.1, 0.15) is 0 Å². The zero-order valence-corrected chi connectivity index (χ0v) is 10.4. The van der Waals surface area contributed by atoms with E-state index in [4.69, 9.17) is 0 Å². The van der Waals surface area contributed by atoms with Crippen LogP contribution in [0.25, 0.3) is 0 Å². The van der Waals surface area contributed by atoms with Crippen molar-refractivity contribution in [1.82, 2.24) is 0 Å². The maximum absolute atomic E-state index is 2.24. The molecule has 0 aliphatic heterocycles. The molecule has 2 aromatic rings. The quantitative estimate of drug-likeness (QED) is 0.670. The summed E-state index contributed by atoms with van der Waals surface area (Å²) in [6.07, 6.45) is 0. The first kappa shape index (κ1) is 8.66. The molecule has 0 aliphatic rings. The average molecular weight is 225 g/mol. The van der Waals surface area contributed by atoms with Crippen LogP contribution in [0.3, 0.4) is 0 Å². The molecule has 0 fully saturated rings. The van der Waals surface area contributed by atoms with Gasteiger partial charge in [-0.05, 0) is 0 Å². The Hall–Kier alpha value is -0.924. The van der Waals surface area contributed by atoms with Crippen molar-refractivity contribution in [2.75, 3.05) is 0 Å². The van der Waals surface area contributed by atoms with Crippen LogP contribution in [0.2, 0.25) is 0 Å². The van der Waals surface area contributed by atoms with Crippen LogP contribution in [0, 0.1) is 0 Å². The fourth-order valence-electron chi connectivity index (χ4n) is 1.43. The molecule has 0 aromatic heterocycles. The number of hydrogen-bond acceptors (Lipinski definition) is 0. The van der Waals surface area contributed by atoms with Crippen molar-refractivity contribution in [3.63, 3.8) is 0 Å². The van der Waals surface area contributed by atoms with Crippen LogP contribution in [0.4, 0.5) is 0 Å². The second-order valence-electron chi connectivity index (χ2n) is 3.15. The van der Waals surface area contributed by atoms with E-state index >= 15 is 0 Å². The Bertz CT molecular complexity index is 316. The third kappa shape index (κ3) is 2.51. The molecule has 0 atom stereocenters. The summed E-state index contributed by atoms with van der Waals surface area (Å²) in [5, 5.41) is 0. The zero-order valence-electron chi connectivity index (χ0n) is 7.48. The molecule has 0 saturated heterocycles. The van der Waals surface area contributed by atoms with Gasteiger partial charge < -0.3 is 0 Å². The molecule has 0 amide bonds. The van der Waals surface area contributed by atoms with Gasteiger partial charge in [0.25, 0.3) is 0 Å². The van der Waals surface area contributed by atoms with Gasteiger partial charge in [-0.25, -0.2) is 0 Å². The first-order chi connectivity index (χ1) is 6.45. The van der Waals surface area contributed by atoms with Crippen LogP contribution < -0.4 is 8.24 Å². The molecule has 0 aliphatic carbocycles. The third-order valence-corrected chi connectivity index (χ3v) is 5.79. The fourth-order valence-corrected chi connectivity index (χ4v) is 4.55. The summed E-state index contributed by atoms with van der Waals surface area (Å²) >= 11 is -0.676. The molecule has 0 spiro atoms. The molecule has 2 rings (SSSR count). The second kappa shape index (κ2) is 4.35. The molecule has 0 unspecified atom stereocenters. The van der Waals surface area contributed by atoms with E-state index in [-0.39, 0.29) is 0 Å². The van der Waals surface area contributed by atoms with E-state index in [1.54, 1.807) is 8.24 Å². The van der Waals surface area contributed by atoms with Crippen LogP contribution in [-0.4, -0.2) is 17.4 Å². The summed E-state index contributed by atoms with van der Waals surface area (Å²) in [6, 6.07) is 21.6. The Morgan fingerprint density at radius 1 is 0.538 bits per heavy atom. The summed E-state index contributed by atoms with van der Waals surface area (Å²) in [6.45, 7) is 0. The molecule has 13 heavy (non-hydrogen) atoms. The first-order valence-corrected chi connectivity index (χ1v) is 7.50. The summed E-state index contributed by atoms with van der Waals surface area (Å²) in [7, 11) is 0. The van der Waals surface area contributed by atoms with E-state index in [2.05, 4.69) is 60.7 Å². The van der Waals surface area contributed by atoms with Crippen LogP contribution >= 0.6 is 0 Å². The van der Waals surface area contributed by atoms with E-state index in [9.17, 15) is 0 Å². The molecular weight excluding hydrogens is 214 g/mol. The van der Waals surface area contributed by atoms with E-state index < -0.39 is 17.4 Å². The number of benzene rings is 2. The minimum absolute atomic E-state index is 0.676. The van der Waals surface area contributed by atoms with Crippen molar-refractivity contribution in [2.45, 2.75) is 0 Å². The van der Waals surface area contributed by atoms with Crippen molar-refractivity contribution in [3.05, 3.63) is 60.7 Å². The number of hydrogen-bond donors (Lipinski definition) is 0. The first-order valence-electron chi connectivity index (χ1n) is 4.53. The van der Waals surface area contributed by atoms with Gasteiger partial charge in [0, 0.05) is 0 Å². The Labute approximate surface area is 86.4 Å².